The SMILES string of the molecule is Cc1ccc(-c2ncnc(-c3ccc(-c4ccc5oc6ccc(-c7ccc(-c8nc(-c9ccccc9)nc(-c9ccc(C)cc9)n8)cc7)cc6c5c4)cc3)n2)cc1. The molecule has 7 nitrogen and oxygen atoms in total. The van der Waals surface area contributed by atoms with Crippen LogP contribution in [0.15, 0.2) is 175 Å². The summed E-state index contributed by atoms with van der Waals surface area (Å²) in [5.74, 6) is 3.21. The quantitative estimate of drug-likeness (QED) is 0.161. The van der Waals surface area contributed by atoms with Crippen LogP contribution in [0.2, 0.25) is 0 Å². The normalized spacial score (nSPS) is 11.3. The lowest BCUT2D eigenvalue weighted by Crippen LogP contribution is -2.00. The Bertz CT molecular complexity index is 3050. The van der Waals surface area contributed by atoms with Crippen LogP contribution in [0.3, 0.4) is 0 Å². The fraction of sp³-hybridized carbons (Fsp3) is 0.0400. The van der Waals surface area contributed by atoms with Crippen molar-refractivity contribution in [3.63, 3.8) is 0 Å². The van der Waals surface area contributed by atoms with Crippen LogP contribution in [-0.2, 0) is 0 Å². The van der Waals surface area contributed by atoms with Crippen molar-refractivity contribution in [2.75, 3.05) is 0 Å². The number of benzene rings is 7. The molecule has 0 amide bonds. The van der Waals surface area contributed by atoms with Gasteiger partial charge < -0.3 is 4.42 Å². The van der Waals surface area contributed by atoms with E-state index < -0.39 is 0 Å². The first-order valence-electron chi connectivity index (χ1n) is 18.8. The van der Waals surface area contributed by atoms with Crippen molar-refractivity contribution in [3.05, 3.63) is 181 Å². The van der Waals surface area contributed by atoms with E-state index in [1.807, 2.05) is 42.5 Å². The summed E-state index contributed by atoms with van der Waals surface area (Å²) in [5, 5.41) is 2.12. The van der Waals surface area contributed by atoms with Crippen LogP contribution in [-0.4, -0.2) is 29.9 Å². The Balaban J connectivity index is 0.946. The molecule has 0 saturated heterocycles. The Labute approximate surface area is 329 Å². The van der Waals surface area contributed by atoms with Gasteiger partial charge in [0.15, 0.2) is 29.1 Å². The van der Waals surface area contributed by atoms with Gasteiger partial charge in [-0.1, -0.05) is 151 Å². The predicted octanol–water partition coefficient (Wildman–Crippen LogP) is 12.2. The Hall–Kier alpha value is -7.64. The number of hydrogen-bond acceptors (Lipinski definition) is 7. The maximum absolute atomic E-state index is 6.30. The largest absolute Gasteiger partial charge is 0.456 e. The van der Waals surface area contributed by atoms with Gasteiger partial charge in [0.2, 0.25) is 0 Å². The molecule has 0 saturated carbocycles. The Morgan fingerprint density at radius 2 is 0.649 bits per heavy atom. The van der Waals surface area contributed by atoms with E-state index in [1.165, 1.54) is 11.1 Å². The predicted molar refractivity (Wildman–Crippen MR) is 228 cm³/mol. The molecular weight excluding hydrogens is 701 g/mol. The molecule has 0 atom stereocenters. The third-order valence-corrected chi connectivity index (χ3v) is 10.3. The average molecular weight is 735 g/mol. The second kappa shape index (κ2) is 14.2. The third-order valence-electron chi connectivity index (χ3n) is 10.3. The zero-order valence-electron chi connectivity index (χ0n) is 31.3. The molecule has 0 spiro atoms. The van der Waals surface area contributed by atoms with Gasteiger partial charge in [-0.05, 0) is 60.4 Å². The number of aryl methyl sites for hydroxylation is 2. The number of furan rings is 1. The molecule has 0 N–H and O–H groups in total. The fourth-order valence-corrected chi connectivity index (χ4v) is 7.09. The second-order valence-electron chi connectivity index (χ2n) is 14.2. The molecule has 3 aromatic heterocycles. The molecule has 57 heavy (non-hydrogen) atoms. The molecule has 10 aromatic rings. The van der Waals surface area contributed by atoms with Gasteiger partial charge in [-0.25, -0.2) is 29.9 Å². The maximum Gasteiger partial charge on any atom is 0.164 e. The number of fused-ring (bicyclic) bond motifs is 3. The van der Waals surface area contributed by atoms with Crippen LogP contribution in [0, 0.1) is 13.8 Å². The van der Waals surface area contributed by atoms with Crippen LogP contribution in [0.25, 0.3) is 101 Å². The molecule has 0 unspecified atom stereocenters. The molecule has 10 rings (SSSR count). The van der Waals surface area contributed by atoms with E-state index >= 15 is 0 Å². The maximum atomic E-state index is 6.30. The Kier molecular flexibility index (Phi) is 8.45. The van der Waals surface area contributed by atoms with Gasteiger partial charge in [-0.3, -0.25) is 0 Å². The van der Waals surface area contributed by atoms with Crippen LogP contribution >= 0.6 is 0 Å². The lowest BCUT2D eigenvalue weighted by Gasteiger charge is -2.09. The highest BCUT2D eigenvalue weighted by Crippen LogP contribution is 2.36. The van der Waals surface area contributed by atoms with Gasteiger partial charge in [-0.2, -0.15) is 0 Å². The van der Waals surface area contributed by atoms with Crippen molar-refractivity contribution < 1.29 is 4.42 Å². The van der Waals surface area contributed by atoms with E-state index in [2.05, 4.69) is 145 Å². The van der Waals surface area contributed by atoms with Crippen molar-refractivity contribution in [1.29, 1.82) is 0 Å². The lowest BCUT2D eigenvalue weighted by atomic mass is 9.99. The molecular formula is C50H34N6O. The summed E-state index contributed by atoms with van der Waals surface area (Å²) in [6.07, 6.45) is 1.57. The molecule has 0 bridgehead atoms. The summed E-state index contributed by atoms with van der Waals surface area (Å²) in [5.41, 5.74) is 13.1. The summed E-state index contributed by atoms with van der Waals surface area (Å²) in [6, 6.07) is 56.0. The molecule has 3 heterocycles. The van der Waals surface area contributed by atoms with E-state index in [0.29, 0.717) is 29.1 Å². The van der Waals surface area contributed by atoms with Crippen LogP contribution in [0.1, 0.15) is 11.1 Å². The molecule has 0 radical (unpaired) electrons. The van der Waals surface area contributed by atoms with Crippen LogP contribution in [0.5, 0.6) is 0 Å². The van der Waals surface area contributed by atoms with Gasteiger partial charge in [0, 0.05) is 38.6 Å². The van der Waals surface area contributed by atoms with Crippen molar-refractivity contribution >= 4 is 21.9 Å². The Morgan fingerprint density at radius 3 is 1.09 bits per heavy atom. The third kappa shape index (κ3) is 6.72. The number of aromatic nitrogens is 6. The van der Waals surface area contributed by atoms with Crippen LogP contribution < -0.4 is 0 Å². The highest BCUT2D eigenvalue weighted by atomic mass is 16.3. The highest BCUT2D eigenvalue weighted by Gasteiger charge is 2.15. The first kappa shape index (κ1) is 33.9. The molecule has 0 fully saturated rings. The van der Waals surface area contributed by atoms with Crippen molar-refractivity contribution in [2.24, 2.45) is 0 Å². The molecule has 7 aromatic carbocycles. The number of hydrogen-bond donors (Lipinski definition) is 0. The highest BCUT2D eigenvalue weighted by molar-refractivity contribution is 6.07. The van der Waals surface area contributed by atoms with Gasteiger partial charge >= 0.3 is 0 Å². The summed E-state index contributed by atoms with van der Waals surface area (Å²) in [6.45, 7) is 4.14. The summed E-state index contributed by atoms with van der Waals surface area (Å²) >= 11 is 0. The molecule has 0 aliphatic carbocycles. The standard InChI is InChI=1S/C50H34N6O/c1-31-8-12-36(13-9-31)46-51-30-52-47(53-46)37-20-16-33(17-21-37)40-24-26-44-42(28-40)43-29-41(25-27-45(43)57-44)34-18-22-39(23-19-34)50-55-48(35-6-4-3-5-7-35)54-49(56-50)38-14-10-32(2)11-15-38/h3-30H,1-2H3. The fourth-order valence-electron chi connectivity index (χ4n) is 7.09. The second-order valence-corrected chi connectivity index (χ2v) is 14.2. The van der Waals surface area contributed by atoms with Crippen molar-refractivity contribution in [1.82, 2.24) is 29.9 Å². The Morgan fingerprint density at radius 1 is 0.316 bits per heavy atom. The van der Waals surface area contributed by atoms with E-state index in [-0.39, 0.29) is 0 Å². The van der Waals surface area contributed by atoms with Gasteiger partial charge in [0.25, 0.3) is 0 Å². The smallest absolute Gasteiger partial charge is 0.164 e. The van der Waals surface area contributed by atoms with E-state index in [4.69, 9.17) is 24.4 Å². The van der Waals surface area contributed by atoms with E-state index in [1.54, 1.807) is 6.33 Å². The van der Waals surface area contributed by atoms with E-state index in [9.17, 15) is 0 Å². The van der Waals surface area contributed by atoms with Gasteiger partial charge in [-0.15, -0.1) is 0 Å². The minimum absolute atomic E-state index is 0.628. The molecule has 0 aliphatic heterocycles. The van der Waals surface area contributed by atoms with Gasteiger partial charge in [0.05, 0.1) is 0 Å². The minimum Gasteiger partial charge on any atom is -0.456 e. The van der Waals surface area contributed by atoms with Crippen molar-refractivity contribution in [3.8, 4) is 79.2 Å². The molecule has 270 valence electrons. The summed E-state index contributed by atoms with van der Waals surface area (Å²) in [7, 11) is 0. The minimum atomic E-state index is 0.628. The van der Waals surface area contributed by atoms with E-state index in [0.717, 1.165) is 72.0 Å². The summed E-state index contributed by atoms with van der Waals surface area (Å²) < 4.78 is 6.30. The monoisotopic (exact) mass is 734 g/mol. The zero-order chi connectivity index (χ0) is 38.3. The van der Waals surface area contributed by atoms with Crippen LogP contribution in [0.4, 0.5) is 0 Å². The first-order valence-corrected chi connectivity index (χ1v) is 18.8. The lowest BCUT2D eigenvalue weighted by molar-refractivity contribution is 0.669. The molecule has 7 heteroatoms. The van der Waals surface area contributed by atoms with Crippen molar-refractivity contribution in [2.45, 2.75) is 13.8 Å². The average Bonchev–Trinajstić information content (AvgIpc) is 3.64. The topological polar surface area (TPSA) is 90.5 Å². The number of nitrogens with zero attached hydrogens (tertiary/aromatic N) is 6. The summed E-state index contributed by atoms with van der Waals surface area (Å²) in [4.78, 5) is 28.3. The first-order chi connectivity index (χ1) is 28.0. The van der Waals surface area contributed by atoms with Gasteiger partial charge in [0.1, 0.15) is 17.5 Å². The zero-order valence-corrected chi connectivity index (χ0v) is 31.3. The number of rotatable bonds is 7. The molecule has 0 aliphatic rings.